The van der Waals surface area contributed by atoms with Gasteiger partial charge in [0, 0.05) is 68.5 Å². The topological polar surface area (TPSA) is 67.1 Å². The highest BCUT2D eigenvalue weighted by Gasteiger charge is 2.17. The first kappa shape index (κ1) is 26.7. The Kier molecular flexibility index (Phi) is 7.93. The van der Waals surface area contributed by atoms with E-state index in [2.05, 4.69) is 99.3 Å². The van der Waals surface area contributed by atoms with Gasteiger partial charge in [-0.25, -0.2) is 9.97 Å². The van der Waals surface area contributed by atoms with Gasteiger partial charge in [-0.15, -0.1) is 11.6 Å². The molecule has 3 heterocycles. The summed E-state index contributed by atoms with van der Waals surface area (Å²) >= 11 is 5.95. The van der Waals surface area contributed by atoms with Crippen molar-refractivity contribution in [3.05, 3.63) is 72.1 Å². The van der Waals surface area contributed by atoms with Crippen molar-refractivity contribution >= 4 is 45.0 Å². The van der Waals surface area contributed by atoms with Gasteiger partial charge in [-0.05, 0) is 74.8 Å². The molecule has 5 aromatic rings. The summed E-state index contributed by atoms with van der Waals surface area (Å²) in [6, 6.07) is 21.7. The Balaban J connectivity index is 1.15. The maximum absolute atomic E-state index is 5.95. The van der Waals surface area contributed by atoms with E-state index in [0.29, 0.717) is 5.88 Å². The summed E-state index contributed by atoms with van der Waals surface area (Å²) in [5.74, 6) is 2.53. The van der Waals surface area contributed by atoms with Crippen LogP contribution in [0.15, 0.2) is 60.7 Å². The van der Waals surface area contributed by atoms with Crippen LogP contribution in [0.3, 0.4) is 0 Å². The number of aryl methyl sites for hydroxylation is 2. The zero-order chi connectivity index (χ0) is 27.5. The first-order valence-corrected chi connectivity index (χ1v) is 15.0. The smallest absolute Gasteiger partial charge is 0.140 e. The monoisotopic (exact) mass is 555 g/mol. The highest BCUT2D eigenvalue weighted by Crippen LogP contribution is 2.29. The Morgan fingerprint density at radius 2 is 1.73 bits per heavy atom. The molecule has 0 spiro atoms. The normalized spacial score (nSPS) is 14.4. The average Bonchev–Trinajstić information content (AvgIpc) is 3.60. The second-order valence-electron chi connectivity index (χ2n) is 10.8. The zero-order valence-electron chi connectivity index (χ0n) is 23.5. The van der Waals surface area contributed by atoms with Crippen LogP contribution in [-0.2, 0) is 12.8 Å². The molecule has 0 unspecified atom stereocenters. The van der Waals surface area contributed by atoms with Crippen molar-refractivity contribution in [2.45, 2.75) is 26.2 Å². The third-order valence-electron chi connectivity index (χ3n) is 8.07. The van der Waals surface area contributed by atoms with E-state index in [1.807, 2.05) is 0 Å². The van der Waals surface area contributed by atoms with Gasteiger partial charge in [-0.1, -0.05) is 18.2 Å². The Hall–Kier alpha value is -3.55. The number of aromatic nitrogens is 4. The van der Waals surface area contributed by atoms with Crippen LogP contribution in [0, 0.1) is 0 Å². The van der Waals surface area contributed by atoms with Crippen molar-refractivity contribution in [1.82, 2.24) is 24.8 Å². The molecule has 2 aromatic heterocycles. The maximum Gasteiger partial charge on any atom is 0.140 e. The molecule has 1 aliphatic rings. The SMILES string of the molecule is CCN(CCCl)c1ccc(CCCc2nc3c(-c4nc5ccc(N6CCN(C)CC6)cc5[nH]4)cccc3[nH]2)cc1. The van der Waals surface area contributed by atoms with Gasteiger partial charge in [0.15, 0.2) is 0 Å². The van der Waals surface area contributed by atoms with Crippen LogP contribution < -0.4 is 9.80 Å². The number of alkyl halides is 1. The lowest BCUT2D eigenvalue weighted by Crippen LogP contribution is -2.44. The Morgan fingerprint density at radius 3 is 2.50 bits per heavy atom. The van der Waals surface area contributed by atoms with E-state index < -0.39 is 0 Å². The van der Waals surface area contributed by atoms with Crippen LogP contribution in [0.4, 0.5) is 11.4 Å². The molecule has 0 amide bonds. The average molecular weight is 556 g/mol. The Morgan fingerprint density at radius 1 is 0.900 bits per heavy atom. The van der Waals surface area contributed by atoms with Gasteiger partial charge in [-0.3, -0.25) is 0 Å². The number of imidazole rings is 2. The number of piperazine rings is 1. The van der Waals surface area contributed by atoms with Gasteiger partial charge in [0.05, 0.1) is 22.1 Å². The van der Waals surface area contributed by atoms with Crippen LogP contribution in [0.25, 0.3) is 33.5 Å². The third kappa shape index (κ3) is 5.67. The molecule has 0 aliphatic carbocycles. The molecule has 0 saturated carbocycles. The van der Waals surface area contributed by atoms with Crippen LogP contribution in [0.1, 0.15) is 24.7 Å². The summed E-state index contributed by atoms with van der Waals surface area (Å²) in [5, 5.41) is 0. The highest BCUT2D eigenvalue weighted by molar-refractivity contribution is 6.18. The molecule has 1 aliphatic heterocycles. The number of rotatable bonds is 10. The second kappa shape index (κ2) is 11.9. The minimum atomic E-state index is 0.642. The molecule has 1 fully saturated rings. The molecular weight excluding hydrogens is 518 g/mol. The quantitative estimate of drug-likeness (QED) is 0.204. The lowest BCUT2D eigenvalue weighted by Gasteiger charge is -2.34. The van der Waals surface area contributed by atoms with Gasteiger partial charge < -0.3 is 24.7 Å². The van der Waals surface area contributed by atoms with Crippen molar-refractivity contribution in [3.63, 3.8) is 0 Å². The number of H-pyrrole nitrogens is 2. The molecule has 0 atom stereocenters. The van der Waals surface area contributed by atoms with Crippen molar-refractivity contribution in [3.8, 4) is 11.4 Å². The molecule has 40 heavy (non-hydrogen) atoms. The number of aromatic amines is 2. The lowest BCUT2D eigenvalue weighted by molar-refractivity contribution is 0.313. The van der Waals surface area contributed by atoms with Gasteiger partial charge >= 0.3 is 0 Å². The van der Waals surface area contributed by atoms with E-state index in [-0.39, 0.29) is 0 Å². The number of benzene rings is 3. The van der Waals surface area contributed by atoms with Crippen LogP contribution in [-0.4, -0.2) is 77.0 Å². The van der Waals surface area contributed by atoms with E-state index >= 15 is 0 Å². The lowest BCUT2D eigenvalue weighted by atomic mass is 10.1. The third-order valence-corrected chi connectivity index (χ3v) is 8.24. The minimum absolute atomic E-state index is 0.642. The predicted octanol–water partition coefficient (Wildman–Crippen LogP) is 6.10. The molecule has 0 bridgehead atoms. The number of likely N-dealkylation sites (N-methyl/N-ethyl adjacent to an activating group) is 1. The number of nitrogens with one attached hydrogen (secondary N) is 2. The van der Waals surface area contributed by atoms with Crippen LogP contribution >= 0.6 is 11.6 Å². The standard InChI is InChI=1S/C32H38ClN7/c1-3-39(17-16-33)24-12-10-23(11-13-24)6-4-9-30-34-28-8-5-7-26(31(28)37-30)32-35-27-15-14-25(22-29(27)36-32)40-20-18-38(2)19-21-40/h5,7-8,10-15,22H,3-4,6,9,16-21H2,1-2H3,(H,34,37)(H,35,36). The number of halogens is 1. The van der Waals surface area contributed by atoms with Crippen LogP contribution in [0.5, 0.6) is 0 Å². The molecule has 0 radical (unpaired) electrons. The summed E-state index contributed by atoms with van der Waals surface area (Å²) in [6.45, 7) is 8.29. The minimum Gasteiger partial charge on any atom is -0.371 e. The van der Waals surface area contributed by atoms with Gasteiger partial charge in [0.2, 0.25) is 0 Å². The molecule has 2 N–H and O–H groups in total. The summed E-state index contributed by atoms with van der Waals surface area (Å²) < 4.78 is 0. The molecule has 6 rings (SSSR count). The summed E-state index contributed by atoms with van der Waals surface area (Å²) in [5.41, 5.74) is 8.94. The molecular formula is C32H38ClN7. The fourth-order valence-corrected chi connectivity index (χ4v) is 5.89. The summed E-state index contributed by atoms with van der Waals surface area (Å²) in [4.78, 5) is 24.2. The molecule has 208 valence electrons. The highest BCUT2D eigenvalue weighted by atomic mass is 35.5. The van der Waals surface area contributed by atoms with E-state index in [1.165, 1.54) is 16.9 Å². The van der Waals surface area contributed by atoms with Gasteiger partial charge in [0.1, 0.15) is 11.6 Å². The van der Waals surface area contributed by atoms with E-state index in [1.54, 1.807) is 0 Å². The number of anilines is 2. The number of hydrogen-bond acceptors (Lipinski definition) is 5. The first-order chi connectivity index (χ1) is 19.6. The second-order valence-corrected chi connectivity index (χ2v) is 11.1. The van der Waals surface area contributed by atoms with Crippen LogP contribution in [0.2, 0.25) is 0 Å². The maximum atomic E-state index is 5.95. The van der Waals surface area contributed by atoms with Crippen molar-refractivity contribution in [1.29, 1.82) is 0 Å². The van der Waals surface area contributed by atoms with Gasteiger partial charge in [-0.2, -0.15) is 0 Å². The molecule has 3 aromatic carbocycles. The summed E-state index contributed by atoms with van der Waals surface area (Å²) in [6.07, 6.45) is 2.95. The fourth-order valence-electron chi connectivity index (χ4n) is 5.68. The Bertz CT molecular complexity index is 1560. The molecule has 1 saturated heterocycles. The summed E-state index contributed by atoms with van der Waals surface area (Å²) in [7, 11) is 2.19. The fraction of sp³-hybridized carbons (Fsp3) is 0.375. The van der Waals surface area contributed by atoms with Crippen molar-refractivity contribution in [2.75, 3.05) is 62.0 Å². The first-order valence-electron chi connectivity index (χ1n) is 14.4. The molecule has 8 heteroatoms. The van der Waals surface area contributed by atoms with E-state index in [4.69, 9.17) is 21.6 Å². The van der Waals surface area contributed by atoms with Crippen molar-refractivity contribution < 1.29 is 0 Å². The van der Waals surface area contributed by atoms with E-state index in [0.717, 1.165) is 97.8 Å². The number of hydrogen-bond donors (Lipinski definition) is 2. The zero-order valence-corrected chi connectivity index (χ0v) is 24.2. The van der Waals surface area contributed by atoms with E-state index in [9.17, 15) is 0 Å². The molecule has 7 nitrogen and oxygen atoms in total. The number of fused-ring (bicyclic) bond motifs is 2. The van der Waals surface area contributed by atoms with Gasteiger partial charge in [0.25, 0.3) is 0 Å². The van der Waals surface area contributed by atoms with Crippen molar-refractivity contribution in [2.24, 2.45) is 0 Å². The largest absolute Gasteiger partial charge is 0.371 e. The number of para-hydroxylation sites is 1. The predicted molar refractivity (Wildman–Crippen MR) is 168 cm³/mol. The number of nitrogens with zero attached hydrogens (tertiary/aromatic N) is 5. The Labute approximate surface area is 241 Å².